The molecule has 3 fully saturated rings. The highest BCUT2D eigenvalue weighted by Gasteiger charge is 2.46. The number of nitrogens with zero attached hydrogens (tertiary/aromatic N) is 2. The molecule has 2 bridgehead atoms. The van der Waals surface area contributed by atoms with Crippen LogP contribution in [0, 0.1) is 5.92 Å². The second kappa shape index (κ2) is 10.1. The van der Waals surface area contributed by atoms with E-state index < -0.39 is 0 Å². The summed E-state index contributed by atoms with van der Waals surface area (Å²) in [5, 5.41) is 0. The first-order valence-electron chi connectivity index (χ1n) is 12.7. The molecule has 2 atom stereocenters. The normalized spacial score (nSPS) is 24.3. The van der Waals surface area contributed by atoms with E-state index in [-0.39, 0.29) is 6.04 Å². The van der Waals surface area contributed by atoms with Crippen LogP contribution >= 0.6 is 0 Å². The van der Waals surface area contributed by atoms with Gasteiger partial charge in [0.15, 0.2) is 0 Å². The van der Waals surface area contributed by atoms with Crippen molar-refractivity contribution in [2.24, 2.45) is 10.9 Å². The maximum absolute atomic E-state index is 5.69. The fraction of sp³-hybridized carbons (Fsp3) is 0.387. The van der Waals surface area contributed by atoms with E-state index in [4.69, 9.17) is 9.73 Å². The lowest BCUT2D eigenvalue weighted by Crippen LogP contribution is -2.59. The van der Waals surface area contributed by atoms with Crippen LogP contribution < -0.4 is 4.74 Å². The second-order valence-corrected chi connectivity index (χ2v) is 10.1. The number of fused-ring (bicyclic) bond motifs is 3. The van der Waals surface area contributed by atoms with Crippen molar-refractivity contribution >= 4 is 6.21 Å². The van der Waals surface area contributed by atoms with E-state index in [2.05, 4.69) is 104 Å². The quantitative estimate of drug-likeness (QED) is 0.381. The Kier molecular flexibility index (Phi) is 6.82. The SMILES string of the molecule is COc1ccc(C(C)C)cc1C=N[C@@H]1C2CCN(CC2)C1C(c1ccccc1)c1ccccc1. The van der Waals surface area contributed by atoms with Crippen LogP contribution in [0.5, 0.6) is 5.75 Å². The minimum Gasteiger partial charge on any atom is -0.496 e. The first-order valence-corrected chi connectivity index (χ1v) is 12.7. The summed E-state index contributed by atoms with van der Waals surface area (Å²) < 4.78 is 5.69. The molecule has 0 radical (unpaired) electrons. The molecule has 3 aliphatic heterocycles. The maximum Gasteiger partial charge on any atom is 0.127 e. The topological polar surface area (TPSA) is 24.8 Å². The van der Waals surface area contributed by atoms with Gasteiger partial charge in [0.25, 0.3) is 0 Å². The Morgan fingerprint density at radius 3 is 2.03 bits per heavy atom. The van der Waals surface area contributed by atoms with Crippen LogP contribution in [-0.2, 0) is 0 Å². The summed E-state index contributed by atoms with van der Waals surface area (Å²) in [5.74, 6) is 2.30. The summed E-state index contributed by atoms with van der Waals surface area (Å²) in [6.07, 6.45) is 4.56. The molecular formula is C31H36N2O. The Morgan fingerprint density at radius 1 is 0.853 bits per heavy atom. The monoisotopic (exact) mass is 452 g/mol. The molecule has 0 spiro atoms. The molecule has 0 aliphatic carbocycles. The van der Waals surface area contributed by atoms with Crippen LogP contribution in [0.3, 0.4) is 0 Å². The highest BCUT2D eigenvalue weighted by Crippen LogP contribution is 2.43. The van der Waals surface area contributed by atoms with Gasteiger partial charge in [-0.15, -0.1) is 0 Å². The van der Waals surface area contributed by atoms with Gasteiger partial charge in [0.1, 0.15) is 5.75 Å². The minimum absolute atomic E-state index is 0.264. The van der Waals surface area contributed by atoms with Crippen molar-refractivity contribution in [2.75, 3.05) is 20.2 Å². The average molecular weight is 453 g/mol. The van der Waals surface area contributed by atoms with Gasteiger partial charge in [-0.05, 0) is 66.6 Å². The molecule has 0 amide bonds. The summed E-state index contributed by atoms with van der Waals surface area (Å²) in [6.45, 7) is 6.81. The van der Waals surface area contributed by atoms with Crippen molar-refractivity contribution in [2.45, 2.75) is 50.6 Å². The van der Waals surface area contributed by atoms with Gasteiger partial charge in [-0.2, -0.15) is 0 Å². The standard InChI is InChI=1S/C31H36N2O/c1-22(2)26-14-15-28(34-3)27(20-26)21-32-30-25-16-18-33(19-17-25)31(30)29(23-10-6-4-7-11-23)24-12-8-5-9-13-24/h4-15,20-22,25,29-31H,16-19H2,1-3H3/t30-,31?/m1/s1. The molecule has 3 aliphatic rings. The molecule has 0 saturated carbocycles. The Hall–Kier alpha value is -2.91. The lowest BCUT2D eigenvalue weighted by molar-refractivity contribution is 0.0215. The van der Waals surface area contributed by atoms with Crippen molar-refractivity contribution in [3.8, 4) is 5.75 Å². The molecule has 6 rings (SSSR count). The van der Waals surface area contributed by atoms with Gasteiger partial charge in [0, 0.05) is 23.7 Å². The van der Waals surface area contributed by atoms with Crippen LogP contribution in [0.1, 0.15) is 60.8 Å². The van der Waals surface area contributed by atoms with Crippen molar-refractivity contribution < 1.29 is 4.74 Å². The molecule has 3 aromatic rings. The third-order valence-corrected chi connectivity index (χ3v) is 7.79. The summed E-state index contributed by atoms with van der Waals surface area (Å²) >= 11 is 0. The van der Waals surface area contributed by atoms with Gasteiger partial charge >= 0.3 is 0 Å². The van der Waals surface area contributed by atoms with E-state index in [0.717, 1.165) is 11.3 Å². The molecule has 0 aromatic heterocycles. The third-order valence-electron chi connectivity index (χ3n) is 7.79. The molecule has 34 heavy (non-hydrogen) atoms. The van der Waals surface area contributed by atoms with Crippen molar-refractivity contribution in [3.63, 3.8) is 0 Å². The Morgan fingerprint density at radius 2 is 1.47 bits per heavy atom. The zero-order chi connectivity index (χ0) is 23.5. The van der Waals surface area contributed by atoms with E-state index in [1.807, 2.05) is 0 Å². The third kappa shape index (κ3) is 4.54. The molecule has 176 valence electrons. The fourth-order valence-corrected chi connectivity index (χ4v) is 5.96. The summed E-state index contributed by atoms with van der Waals surface area (Å²) in [5.41, 5.74) is 5.16. The van der Waals surface area contributed by atoms with E-state index in [1.54, 1.807) is 7.11 Å². The van der Waals surface area contributed by atoms with Crippen molar-refractivity contribution in [1.29, 1.82) is 0 Å². The summed E-state index contributed by atoms with van der Waals surface area (Å²) in [4.78, 5) is 8.05. The van der Waals surface area contributed by atoms with Gasteiger partial charge in [-0.1, -0.05) is 80.6 Å². The number of piperidine rings is 3. The van der Waals surface area contributed by atoms with Gasteiger partial charge in [-0.3, -0.25) is 9.89 Å². The van der Waals surface area contributed by atoms with Crippen molar-refractivity contribution in [3.05, 3.63) is 101 Å². The molecule has 3 nitrogen and oxygen atoms in total. The van der Waals surface area contributed by atoms with Gasteiger partial charge in [-0.25, -0.2) is 0 Å². The van der Waals surface area contributed by atoms with E-state index in [1.165, 1.54) is 42.6 Å². The van der Waals surface area contributed by atoms with Crippen LogP contribution in [-0.4, -0.2) is 43.4 Å². The maximum atomic E-state index is 5.69. The second-order valence-electron chi connectivity index (χ2n) is 10.1. The highest BCUT2D eigenvalue weighted by atomic mass is 16.5. The number of aliphatic imine (C=N–C) groups is 1. The fourth-order valence-electron chi connectivity index (χ4n) is 5.96. The number of benzene rings is 3. The number of ether oxygens (including phenoxy) is 1. The summed E-state index contributed by atoms with van der Waals surface area (Å²) in [7, 11) is 1.75. The molecule has 1 unspecified atom stereocenters. The molecule has 3 heteroatoms. The minimum atomic E-state index is 0.264. The lowest BCUT2D eigenvalue weighted by atomic mass is 9.71. The molecule has 3 saturated heterocycles. The Bertz CT molecular complexity index is 1060. The molecule has 3 aromatic carbocycles. The molecule has 0 N–H and O–H groups in total. The lowest BCUT2D eigenvalue weighted by Gasteiger charge is -2.52. The van der Waals surface area contributed by atoms with Crippen molar-refractivity contribution in [1.82, 2.24) is 4.90 Å². The van der Waals surface area contributed by atoms with Gasteiger partial charge < -0.3 is 4.74 Å². The van der Waals surface area contributed by atoms with E-state index in [0.29, 0.717) is 23.8 Å². The smallest absolute Gasteiger partial charge is 0.127 e. The number of hydrogen-bond acceptors (Lipinski definition) is 3. The Labute approximate surface area is 204 Å². The number of rotatable bonds is 7. The van der Waals surface area contributed by atoms with Gasteiger partial charge in [0.2, 0.25) is 0 Å². The first-order chi connectivity index (χ1) is 16.7. The molecule has 3 heterocycles. The first kappa shape index (κ1) is 22.9. The van der Waals surface area contributed by atoms with Crippen LogP contribution in [0.2, 0.25) is 0 Å². The van der Waals surface area contributed by atoms with Crippen LogP contribution in [0.15, 0.2) is 83.9 Å². The molecular weight excluding hydrogens is 416 g/mol. The number of hydrogen-bond donors (Lipinski definition) is 0. The van der Waals surface area contributed by atoms with Gasteiger partial charge in [0.05, 0.1) is 13.2 Å². The largest absolute Gasteiger partial charge is 0.496 e. The predicted octanol–water partition coefficient (Wildman–Crippen LogP) is 6.53. The zero-order valence-electron chi connectivity index (χ0n) is 20.6. The average Bonchev–Trinajstić information content (AvgIpc) is 2.89. The van der Waals surface area contributed by atoms with Crippen LogP contribution in [0.25, 0.3) is 0 Å². The Balaban J connectivity index is 1.56. The van der Waals surface area contributed by atoms with E-state index >= 15 is 0 Å². The number of methoxy groups -OCH3 is 1. The van der Waals surface area contributed by atoms with Crippen LogP contribution in [0.4, 0.5) is 0 Å². The highest BCUT2D eigenvalue weighted by molar-refractivity contribution is 5.84. The van der Waals surface area contributed by atoms with E-state index in [9.17, 15) is 0 Å². The zero-order valence-corrected chi connectivity index (χ0v) is 20.6. The summed E-state index contributed by atoms with van der Waals surface area (Å²) in [6, 6.07) is 29.2. The predicted molar refractivity (Wildman–Crippen MR) is 141 cm³/mol.